The highest BCUT2D eigenvalue weighted by Gasteiger charge is 2.39. The number of aryl methyl sites for hydroxylation is 2. The number of rotatable bonds is 6. The summed E-state index contributed by atoms with van der Waals surface area (Å²) in [5.74, 6) is 1.15. The molecule has 1 unspecified atom stereocenters. The monoisotopic (exact) mass is 333 g/mol. The summed E-state index contributed by atoms with van der Waals surface area (Å²) in [5, 5.41) is 0.140. The molecule has 1 saturated carbocycles. The predicted molar refractivity (Wildman–Crippen MR) is 89.3 cm³/mol. The van der Waals surface area contributed by atoms with Crippen LogP contribution in [0, 0.1) is 12.8 Å². The Hall–Kier alpha value is -1.66. The Morgan fingerprint density at radius 2 is 1.96 bits per heavy atom. The van der Waals surface area contributed by atoms with Gasteiger partial charge in [0.25, 0.3) is 10.0 Å². The Kier molecular flexibility index (Phi) is 4.29. The molecule has 0 saturated heterocycles. The second kappa shape index (κ2) is 6.09. The fourth-order valence-electron chi connectivity index (χ4n) is 2.80. The van der Waals surface area contributed by atoms with E-state index < -0.39 is 10.0 Å². The van der Waals surface area contributed by atoms with Crippen LogP contribution in [0.5, 0.6) is 0 Å². The van der Waals surface area contributed by atoms with E-state index in [1.54, 1.807) is 15.1 Å². The molecule has 23 heavy (non-hydrogen) atoms. The molecule has 1 aliphatic carbocycles. The molecule has 1 aromatic heterocycles. The highest BCUT2D eigenvalue weighted by Crippen LogP contribution is 2.37. The zero-order valence-electron chi connectivity index (χ0n) is 13.8. The van der Waals surface area contributed by atoms with Crippen molar-refractivity contribution in [2.24, 2.45) is 13.0 Å². The van der Waals surface area contributed by atoms with Crippen molar-refractivity contribution in [1.29, 1.82) is 0 Å². The Morgan fingerprint density at radius 1 is 1.30 bits per heavy atom. The quantitative estimate of drug-likeness (QED) is 0.817. The molecule has 0 spiro atoms. The van der Waals surface area contributed by atoms with Gasteiger partial charge in [0.2, 0.25) is 0 Å². The molecule has 6 heteroatoms. The molecule has 0 amide bonds. The highest BCUT2D eigenvalue weighted by molar-refractivity contribution is 7.89. The van der Waals surface area contributed by atoms with Gasteiger partial charge in [-0.25, -0.2) is 13.4 Å². The van der Waals surface area contributed by atoms with Crippen molar-refractivity contribution in [1.82, 2.24) is 13.9 Å². The number of benzene rings is 1. The molecule has 1 fully saturated rings. The van der Waals surface area contributed by atoms with Crippen molar-refractivity contribution in [3.63, 3.8) is 0 Å². The standard InChI is InChI=1S/C17H23N3O2S/c1-13(16-9-10-16)20(11-15-7-5-4-6-8-15)23(21,22)17-12-19(3)14(2)18-17/h4-8,12-13,16H,9-11H2,1-3H3. The van der Waals surface area contributed by atoms with Crippen molar-refractivity contribution < 1.29 is 8.42 Å². The number of aromatic nitrogens is 2. The Morgan fingerprint density at radius 3 is 2.48 bits per heavy atom. The number of nitrogens with zero attached hydrogens (tertiary/aromatic N) is 3. The first-order valence-corrected chi connectivity index (χ1v) is 9.39. The van der Waals surface area contributed by atoms with Gasteiger partial charge in [0.05, 0.1) is 0 Å². The van der Waals surface area contributed by atoms with Crippen LogP contribution in [0.4, 0.5) is 0 Å². The zero-order valence-corrected chi connectivity index (χ0v) is 14.6. The summed E-state index contributed by atoms with van der Waals surface area (Å²) in [7, 11) is -1.79. The van der Waals surface area contributed by atoms with E-state index in [1.807, 2.05) is 51.2 Å². The van der Waals surface area contributed by atoms with E-state index in [1.165, 1.54) is 0 Å². The Balaban J connectivity index is 1.96. The molecule has 0 aliphatic heterocycles. The van der Waals surface area contributed by atoms with E-state index in [2.05, 4.69) is 4.98 Å². The van der Waals surface area contributed by atoms with Crippen LogP contribution in [0.3, 0.4) is 0 Å². The average Bonchev–Trinajstić information content (AvgIpc) is 3.31. The maximum absolute atomic E-state index is 13.1. The van der Waals surface area contributed by atoms with Crippen LogP contribution in [0.1, 0.15) is 31.2 Å². The van der Waals surface area contributed by atoms with Gasteiger partial charge in [-0.15, -0.1) is 0 Å². The Labute approximate surface area is 138 Å². The van der Waals surface area contributed by atoms with E-state index >= 15 is 0 Å². The van der Waals surface area contributed by atoms with Crippen LogP contribution in [0.15, 0.2) is 41.6 Å². The molecule has 1 atom stereocenters. The van der Waals surface area contributed by atoms with Crippen LogP contribution >= 0.6 is 0 Å². The smallest absolute Gasteiger partial charge is 0.262 e. The number of imidazole rings is 1. The molecule has 1 heterocycles. The van der Waals surface area contributed by atoms with Crippen LogP contribution in [0.25, 0.3) is 0 Å². The van der Waals surface area contributed by atoms with E-state index in [0.29, 0.717) is 18.3 Å². The van der Waals surface area contributed by atoms with Gasteiger partial charge in [-0.1, -0.05) is 30.3 Å². The summed E-state index contributed by atoms with van der Waals surface area (Å²) in [4.78, 5) is 4.24. The number of hydrogen-bond acceptors (Lipinski definition) is 3. The third kappa shape index (κ3) is 3.33. The first-order chi connectivity index (χ1) is 10.9. The van der Waals surface area contributed by atoms with E-state index in [0.717, 1.165) is 18.4 Å². The lowest BCUT2D eigenvalue weighted by Gasteiger charge is -2.27. The van der Waals surface area contributed by atoms with Crippen LogP contribution in [-0.4, -0.2) is 28.3 Å². The molecular weight excluding hydrogens is 310 g/mol. The molecule has 3 rings (SSSR count). The Bertz CT molecular complexity index is 760. The molecule has 0 N–H and O–H groups in total. The lowest BCUT2D eigenvalue weighted by molar-refractivity contribution is 0.302. The first kappa shape index (κ1) is 16.2. The van der Waals surface area contributed by atoms with Gasteiger partial charge in [-0.3, -0.25) is 0 Å². The lowest BCUT2D eigenvalue weighted by atomic mass is 10.2. The topological polar surface area (TPSA) is 55.2 Å². The fourth-order valence-corrected chi connectivity index (χ4v) is 4.50. The molecule has 124 valence electrons. The van der Waals surface area contributed by atoms with E-state index in [-0.39, 0.29) is 11.1 Å². The predicted octanol–water partition coefficient (Wildman–Crippen LogP) is 2.72. The van der Waals surface area contributed by atoms with Gasteiger partial charge in [0, 0.05) is 25.8 Å². The van der Waals surface area contributed by atoms with Crippen molar-refractivity contribution in [2.45, 2.75) is 44.3 Å². The second-order valence-corrected chi connectivity index (χ2v) is 8.19. The third-order valence-electron chi connectivity index (χ3n) is 4.60. The van der Waals surface area contributed by atoms with Crippen molar-refractivity contribution >= 4 is 10.0 Å². The fraction of sp³-hybridized carbons (Fsp3) is 0.471. The first-order valence-electron chi connectivity index (χ1n) is 7.95. The lowest BCUT2D eigenvalue weighted by Crippen LogP contribution is -2.39. The van der Waals surface area contributed by atoms with Gasteiger partial charge in [0.1, 0.15) is 5.82 Å². The molecule has 1 aromatic carbocycles. The summed E-state index contributed by atoms with van der Waals surface area (Å²) in [5.41, 5.74) is 0.997. The van der Waals surface area contributed by atoms with E-state index in [9.17, 15) is 8.42 Å². The van der Waals surface area contributed by atoms with Crippen LogP contribution in [-0.2, 0) is 23.6 Å². The second-order valence-electron chi connectivity index (χ2n) is 6.35. The summed E-state index contributed by atoms with van der Waals surface area (Å²) in [6.07, 6.45) is 3.80. The highest BCUT2D eigenvalue weighted by atomic mass is 32.2. The minimum atomic E-state index is -3.60. The maximum atomic E-state index is 13.1. The minimum Gasteiger partial charge on any atom is -0.337 e. The van der Waals surface area contributed by atoms with Crippen molar-refractivity contribution in [2.75, 3.05) is 0 Å². The maximum Gasteiger partial charge on any atom is 0.262 e. The number of hydrogen-bond donors (Lipinski definition) is 0. The summed E-state index contributed by atoms with van der Waals surface area (Å²) in [6.45, 7) is 4.20. The SMILES string of the molecule is Cc1nc(S(=O)(=O)N(Cc2ccccc2)C(C)C2CC2)cn1C. The largest absolute Gasteiger partial charge is 0.337 e. The number of sulfonamides is 1. The molecule has 0 bridgehead atoms. The van der Waals surface area contributed by atoms with Gasteiger partial charge in [-0.05, 0) is 38.2 Å². The summed E-state index contributed by atoms with van der Waals surface area (Å²) < 4.78 is 29.6. The van der Waals surface area contributed by atoms with Crippen molar-refractivity contribution in [3.8, 4) is 0 Å². The van der Waals surface area contributed by atoms with Crippen molar-refractivity contribution in [3.05, 3.63) is 47.9 Å². The van der Waals surface area contributed by atoms with E-state index in [4.69, 9.17) is 0 Å². The van der Waals surface area contributed by atoms with Gasteiger partial charge in [0.15, 0.2) is 5.03 Å². The molecule has 5 nitrogen and oxygen atoms in total. The summed E-state index contributed by atoms with van der Waals surface area (Å²) >= 11 is 0. The third-order valence-corrected chi connectivity index (χ3v) is 6.40. The molecule has 2 aromatic rings. The summed E-state index contributed by atoms with van der Waals surface area (Å²) in [6, 6.07) is 9.73. The minimum absolute atomic E-state index is 0.0116. The normalized spacial score (nSPS) is 16.7. The van der Waals surface area contributed by atoms with Gasteiger partial charge >= 0.3 is 0 Å². The zero-order chi connectivity index (χ0) is 16.6. The van der Waals surface area contributed by atoms with Crippen LogP contribution in [0.2, 0.25) is 0 Å². The molecule has 1 aliphatic rings. The van der Waals surface area contributed by atoms with Gasteiger partial charge < -0.3 is 4.57 Å². The average molecular weight is 333 g/mol. The molecular formula is C17H23N3O2S. The van der Waals surface area contributed by atoms with Crippen LogP contribution < -0.4 is 0 Å². The molecule has 0 radical (unpaired) electrons. The van der Waals surface area contributed by atoms with Gasteiger partial charge in [-0.2, -0.15) is 4.31 Å².